The summed E-state index contributed by atoms with van der Waals surface area (Å²) in [6, 6.07) is 6.08. The van der Waals surface area contributed by atoms with Crippen LogP contribution in [0, 0.1) is 0 Å². The molecule has 0 spiro atoms. The Hall–Kier alpha value is -1.16. The Morgan fingerprint density at radius 2 is 2.31 bits per heavy atom. The third-order valence-electron chi connectivity index (χ3n) is 3.33. The fraction of sp³-hybridized carbons (Fsp3) is 0.417. The van der Waals surface area contributed by atoms with Gasteiger partial charge in [0.15, 0.2) is 0 Å². The lowest BCUT2D eigenvalue weighted by atomic mass is 9.92. The van der Waals surface area contributed by atoms with Gasteiger partial charge in [-0.1, -0.05) is 17.8 Å². The maximum Gasteiger partial charge on any atom is 0.304 e. The van der Waals surface area contributed by atoms with E-state index in [1.54, 1.807) is 11.8 Å². The van der Waals surface area contributed by atoms with E-state index in [2.05, 4.69) is 6.07 Å². The van der Waals surface area contributed by atoms with Crippen LogP contribution in [0.5, 0.6) is 5.75 Å². The van der Waals surface area contributed by atoms with Gasteiger partial charge in [0.25, 0.3) is 0 Å². The maximum absolute atomic E-state index is 10.8. The van der Waals surface area contributed by atoms with Gasteiger partial charge in [-0.05, 0) is 30.5 Å². The minimum atomic E-state index is -0.707. The SMILES string of the molecule is O=C(O)CC1(c2ccc3c(c2)SCO3)CC1. The van der Waals surface area contributed by atoms with Crippen LogP contribution in [0.3, 0.4) is 0 Å². The predicted molar refractivity (Wildman–Crippen MR) is 61.0 cm³/mol. The van der Waals surface area contributed by atoms with Crippen molar-refractivity contribution in [1.29, 1.82) is 0 Å². The van der Waals surface area contributed by atoms with E-state index in [1.807, 2.05) is 12.1 Å². The van der Waals surface area contributed by atoms with Crippen LogP contribution in [-0.2, 0) is 10.2 Å². The van der Waals surface area contributed by atoms with E-state index in [-0.39, 0.29) is 11.8 Å². The minimum absolute atomic E-state index is 0.0932. The van der Waals surface area contributed by atoms with Crippen LogP contribution in [0.2, 0.25) is 0 Å². The third-order valence-corrected chi connectivity index (χ3v) is 4.19. The summed E-state index contributed by atoms with van der Waals surface area (Å²) in [6.07, 6.45) is 2.23. The molecule has 84 valence electrons. The molecule has 0 atom stereocenters. The van der Waals surface area contributed by atoms with Gasteiger partial charge in [0, 0.05) is 5.41 Å². The average molecular weight is 236 g/mol. The predicted octanol–water partition coefficient (Wildman–Crippen LogP) is 2.63. The fourth-order valence-electron chi connectivity index (χ4n) is 2.23. The fourth-order valence-corrected chi connectivity index (χ4v) is 3.03. The van der Waals surface area contributed by atoms with Crippen molar-refractivity contribution in [2.45, 2.75) is 29.6 Å². The second-order valence-corrected chi connectivity index (χ2v) is 5.38. The zero-order valence-corrected chi connectivity index (χ0v) is 9.55. The zero-order chi connectivity index (χ0) is 11.2. The lowest BCUT2D eigenvalue weighted by Gasteiger charge is -2.13. The molecule has 2 aliphatic rings. The molecule has 0 aromatic heterocycles. The molecule has 1 aromatic rings. The Morgan fingerprint density at radius 1 is 1.50 bits per heavy atom. The number of rotatable bonds is 3. The summed E-state index contributed by atoms with van der Waals surface area (Å²) in [7, 11) is 0. The summed E-state index contributed by atoms with van der Waals surface area (Å²) in [4.78, 5) is 12.0. The number of ether oxygens (including phenoxy) is 1. The van der Waals surface area contributed by atoms with Gasteiger partial charge in [0.05, 0.1) is 11.3 Å². The summed E-state index contributed by atoms with van der Waals surface area (Å²) >= 11 is 1.68. The van der Waals surface area contributed by atoms with Gasteiger partial charge in [0.1, 0.15) is 11.7 Å². The molecule has 3 nitrogen and oxygen atoms in total. The van der Waals surface area contributed by atoms with Gasteiger partial charge in [-0.2, -0.15) is 0 Å². The van der Waals surface area contributed by atoms with E-state index in [0.29, 0.717) is 5.94 Å². The van der Waals surface area contributed by atoms with Crippen LogP contribution in [0.1, 0.15) is 24.8 Å². The molecule has 0 amide bonds. The number of thioether (sulfide) groups is 1. The molecule has 1 aliphatic carbocycles. The molecule has 0 bridgehead atoms. The minimum Gasteiger partial charge on any atom is -0.481 e. The molecular formula is C12H12O3S. The Bertz CT molecular complexity index is 452. The summed E-state index contributed by atoms with van der Waals surface area (Å²) in [5.41, 5.74) is 1.07. The van der Waals surface area contributed by atoms with E-state index >= 15 is 0 Å². The molecule has 1 saturated carbocycles. The Labute approximate surface area is 97.8 Å². The van der Waals surface area contributed by atoms with Crippen molar-refractivity contribution in [3.8, 4) is 5.75 Å². The maximum atomic E-state index is 10.8. The van der Waals surface area contributed by atoms with Crippen LogP contribution in [-0.4, -0.2) is 17.0 Å². The number of carboxylic acids is 1. The van der Waals surface area contributed by atoms with E-state index in [9.17, 15) is 4.79 Å². The lowest BCUT2D eigenvalue weighted by Crippen LogP contribution is -2.12. The van der Waals surface area contributed by atoms with E-state index in [1.165, 1.54) is 0 Å². The van der Waals surface area contributed by atoms with Crippen molar-refractivity contribution < 1.29 is 14.6 Å². The van der Waals surface area contributed by atoms with E-state index < -0.39 is 5.97 Å². The molecule has 4 heteroatoms. The van der Waals surface area contributed by atoms with Crippen molar-refractivity contribution in [3.05, 3.63) is 23.8 Å². The number of hydrogen-bond donors (Lipinski definition) is 1. The normalized spacial score (nSPS) is 20.0. The smallest absolute Gasteiger partial charge is 0.304 e. The van der Waals surface area contributed by atoms with Gasteiger partial charge in [-0.3, -0.25) is 4.79 Å². The molecule has 1 fully saturated rings. The molecule has 1 aliphatic heterocycles. The standard InChI is InChI=1S/C12H12O3S/c13-11(14)6-12(3-4-12)8-1-2-9-10(5-8)16-7-15-9/h1-2,5H,3-4,6-7H2,(H,13,14). The highest BCUT2D eigenvalue weighted by Crippen LogP contribution is 2.52. The Morgan fingerprint density at radius 3 is 3.00 bits per heavy atom. The molecule has 0 saturated heterocycles. The zero-order valence-electron chi connectivity index (χ0n) is 8.73. The van der Waals surface area contributed by atoms with Crippen molar-refractivity contribution >= 4 is 17.7 Å². The molecule has 1 heterocycles. The van der Waals surface area contributed by atoms with Crippen molar-refractivity contribution in [2.75, 3.05) is 5.94 Å². The second kappa shape index (κ2) is 3.42. The van der Waals surface area contributed by atoms with E-state index in [0.717, 1.165) is 29.1 Å². The van der Waals surface area contributed by atoms with Crippen LogP contribution in [0.15, 0.2) is 23.1 Å². The summed E-state index contributed by atoms with van der Waals surface area (Å²) < 4.78 is 5.41. The number of aliphatic carboxylic acids is 1. The van der Waals surface area contributed by atoms with Crippen LogP contribution < -0.4 is 4.74 Å². The first-order valence-corrected chi connectivity index (χ1v) is 6.30. The highest BCUT2D eigenvalue weighted by molar-refractivity contribution is 7.99. The van der Waals surface area contributed by atoms with Crippen molar-refractivity contribution in [3.63, 3.8) is 0 Å². The van der Waals surface area contributed by atoms with Crippen molar-refractivity contribution in [1.82, 2.24) is 0 Å². The highest BCUT2D eigenvalue weighted by Gasteiger charge is 2.46. The number of carbonyl (C=O) groups is 1. The molecule has 0 radical (unpaired) electrons. The van der Waals surface area contributed by atoms with Crippen molar-refractivity contribution in [2.24, 2.45) is 0 Å². The largest absolute Gasteiger partial charge is 0.481 e. The van der Waals surface area contributed by atoms with Gasteiger partial charge in [-0.25, -0.2) is 0 Å². The molecule has 16 heavy (non-hydrogen) atoms. The summed E-state index contributed by atoms with van der Waals surface area (Å²) in [5, 5.41) is 8.91. The van der Waals surface area contributed by atoms with Crippen LogP contribution in [0.25, 0.3) is 0 Å². The topological polar surface area (TPSA) is 46.5 Å². The molecule has 1 aromatic carbocycles. The summed E-state index contributed by atoms with van der Waals surface area (Å²) in [5.74, 6) is 0.895. The monoisotopic (exact) mass is 236 g/mol. The number of fused-ring (bicyclic) bond motifs is 1. The van der Waals surface area contributed by atoms with E-state index in [4.69, 9.17) is 9.84 Å². The Balaban J connectivity index is 1.92. The first-order chi connectivity index (χ1) is 7.70. The molecule has 3 rings (SSSR count). The van der Waals surface area contributed by atoms with Gasteiger partial charge in [-0.15, -0.1) is 0 Å². The number of carboxylic acid groups (broad SMARTS) is 1. The van der Waals surface area contributed by atoms with Gasteiger partial charge >= 0.3 is 5.97 Å². The van der Waals surface area contributed by atoms with Crippen LogP contribution in [0.4, 0.5) is 0 Å². The first kappa shape index (κ1) is 10.0. The lowest BCUT2D eigenvalue weighted by molar-refractivity contribution is -0.137. The summed E-state index contributed by atoms with van der Waals surface area (Å²) in [6.45, 7) is 0. The quantitative estimate of drug-likeness (QED) is 0.876. The first-order valence-electron chi connectivity index (χ1n) is 5.32. The Kier molecular flexibility index (Phi) is 2.14. The number of benzene rings is 1. The molecular weight excluding hydrogens is 224 g/mol. The highest BCUT2D eigenvalue weighted by atomic mass is 32.2. The number of hydrogen-bond acceptors (Lipinski definition) is 3. The third kappa shape index (κ3) is 1.57. The van der Waals surface area contributed by atoms with Crippen LogP contribution >= 0.6 is 11.8 Å². The molecule has 1 N–H and O–H groups in total. The molecule has 0 unspecified atom stereocenters. The second-order valence-electron chi connectivity index (χ2n) is 4.42. The van der Waals surface area contributed by atoms with Gasteiger partial charge < -0.3 is 9.84 Å². The van der Waals surface area contributed by atoms with Gasteiger partial charge in [0.2, 0.25) is 0 Å². The average Bonchev–Trinajstić information content (AvgIpc) is 2.87.